The summed E-state index contributed by atoms with van der Waals surface area (Å²) >= 11 is 0. The van der Waals surface area contributed by atoms with E-state index < -0.39 is 6.10 Å². The Hall–Kier alpha value is -1.10. The van der Waals surface area contributed by atoms with Gasteiger partial charge in [0.2, 0.25) is 0 Å². The predicted octanol–water partition coefficient (Wildman–Crippen LogP) is 1.00. The topological polar surface area (TPSA) is 69.7 Å². The predicted molar refractivity (Wildman–Crippen MR) is 74.5 cm³/mol. The van der Waals surface area contributed by atoms with E-state index in [4.69, 9.17) is 5.73 Å². The Kier molecular flexibility index (Phi) is 3.48. The molecule has 4 N–H and O–H groups in total. The summed E-state index contributed by atoms with van der Waals surface area (Å²) < 4.78 is 0. The Morgan fingerprint density at radius 2 is 2.16 bits per heavy atom. The van der Waals surface area contributed by atoms with Crippen molar-refractivity contribution in [2.45, 2.75) is 25.0 Å². The first-order valence-corrected chi connectivity index (χ1v) is 7.07. The van der Waals surface area contributed by atoms with Gasteiger partial charge in [0, 0.05) is 31.2 Å². The monoisotopic (exact) mass is 262 g/mol. The number of anilines is 1. The van der Waals surface area contributed by atoms with Crippen molar-refractivity contribution in [2.24, 2.45) is 11.8 Å². The Morgan fingerprint density at radius 1 is 1.32 bits per heavy atom. The number of likely N-dealkylation sites (tertiary alicyclic amines) is 1. The first kappa shape index (κ1) is 12.9. The average Bonchev–Trinajstić information content (AvgIpc) is 2.92. The Labute approximate surface area is 113 Å². The molecule has 1 aromatic rings. The molecule has 1 saturated carbocycles. The SMILES string of the molecule is Nc1cccc(C(O)CN2CC3CCC(O)C3C2)c1. The summed E-state index contributed by atoms with van der Waals surface area (Å²) in [6.45, 7) is 2.54. The number of aliphatic hydroxyl groups is 2. The van der Waals surface area contributed by atoms with E-state index in [-0.39, 0.29) is 6.10 Å². The minimum Gasteiger partial charge on any atom is -0.399 e. The maximum Gasteiger partial charge on any atom is 0.0917 e. The molecular formula is C15H22N2O2. The quantitative estimate of drug-likeness (QED) is 0.711. The van der Waals surface area contributed by atoms with Crippen molar-refractivity contribution in [1.29, 1.82) is 0 Å². The molecule has 0 spiro atoms. The molecule has 1 heterocycles. The van der Waals surface area contributed by atoms with Crippen molar-refractivity contribution in [3.05, 3.63) is 29.8 Å². The van der Waals surface area contributed by atoms with Crippen LogP contribution in [0.4, 0.5) is 5.69 Å². The molecule has 1 aliphatic heterocycles. The number of hydrogen-bond acceptors (Lipinski definition) is 4. The fourth-order valence-corrected chi connectivity index (χ4v) is 3.59. The van der Waals surface area contributed by atoms with Crippen molar-refractivity contribution >= 4 is 5.69 Å². The summed E-state index contributed by atoms with van der Waals surface area (Å²) in [5.41, 5.74) is 7.30. The van der Waals surface area contributed by atoms with Gasteiger partial charge in [-0.25, -0.2) is 0 Å². The van der Waals surface area contributed by atoms with E-state index in [0.717, 1.165) is 31.5 Å². The van der Waals surface area contributed by atoms with Crippen molar-refractivity contribution in [1.82, 2.24) is 4.90 Å². The average molecular weight is 262 g/mol. The lowest BCUT2D eigenvalue weighted by Crippen LogP contribution is -2.29. The van der Waals surface area contributed by atoms with E-state index in [1.54, 1.807) is 0 Å². The second-order valence-electron chi connectivity index (χ2n) is 5.97. The van der Waals surface area contributed by atoms with Crippen LogP contribution in [0.3, 0.4) is 0 Å². The zero-order chi connectivity index (χ0) is 13.4. The maximum absolute atomic E-state index is 10.3. The molecule has 4 unspecified atom stereocenters. The Balaban J connectivity index is 1.60. The third kappa shape index (κ3) is 2.61. The molecule has 19 heavy (non-hydrogen) atoms. The lowest BCUT2D eigenvalue weighted by molar-refractivity contribution is 0.101. The van der Waals surface area contributed by atoms with Crippen LogP contribution in [0.2, 0.25) is 0 Å². The Morgan fingerprint density at radius 3 is 2.89 bits per heavy atom. The van der Waals surface area contributed by atoms with E-state index in [1.165, 1.54) is 0 Å². The van der Waals surface area contributed by atoms with Gasteiger partial charge in [0.1, 0.15) is 0 Å². The summed E-state index contributed by atoms with van der Waals surface area (Å²) in [7, 11) is 0. The van der Waals surface area contributed by atoms with Crippen molar-refractivity contribution in [2.75, 3.05) is 25.4 Å². The molecule has 2 fully saturated rings. The van der Waals surface area contributed by atoms with Crippen molar-refractivity contribution in [3.8, 4) is 0 Å². The molecule has 1 aliphatic carbocycles. The number of nitrogen functional groups attached to an aromatic ring is 1. The largest absolute Gasteiger partial charge is 0.399 e. The van der Waals surface area contributed by atoms with E-state index in [9.17, 15) is 10.2 Å². The van der Waals surface area contributed by atoms with Gasteiger partial charge >= 0.3 is 0 Å². The number of nitrogens with zero attached hydrogens (tertiary/aromatic N) is 1. The molecule has 4 atom stereocenters. The van der Waals surface area contributed by atoms with Gasteiger partial charge in [-0.3, -0.25) is 4.90 Å². The van der Waals surface area contributed by atoms with Gasteiger partial charge < -0.3 is 15.9 Å². The van der Waals surface area contributed by atoms with Crippen molar-refractivity contribution < 1.29 is 10.2 Å². The zero-order valence-electron chi connectivity index (χ0n) is 11.1. The first-order chi connectivity index (χ1) is 9.13. The smallest absolute Gasteiger partial charge is 0.0917 e. The second-order valence-corrected chi connectivity index (χ2v) is 5.97. The standard InChI is InChI=1S/C15H22N2O2/c16-12-3-1-2-10(6-12)15(19)9-17-7-11-4-5-14(18)13(11)8-17/h1-3,6,11,13-15,18-19H,4-5,7-9,16H2. The van der Waals surface area contributed by atoms with E-state index in [1.807, 2.05) is 24.3 Å². The minimum atomic E-state index is -0.500. The maximum atomic E-state index is 10.3. The van der Waals surface area contributed by atoms with Crippen LogP contribution in [-0.4, -0.2) is 40.9 Å². The third-order valence-corrected chi connectivity index (χ3v) is 4.62. The Bertz CT molecular complexity index is 452. The highest BCUT2D eigenvalue weighted by Gasteiger charge is 2.41. The molecule has 1 aromatic carbocycles. The highest BCUT2D eigenvalue weighted by atomic mass is 16.3. The van der Waals surface area contributed by atoms with Gasteiger partial charge in [0.05, 0.1) is 12.2 Å². The molecule has 1 saturated heterocycles. The highest BCUT2D eigenvalue weighted by molar-refractivity contribution is 5.41. The lowest BCUT2D eigenvalue weighted by atomic mass is 10.00. The molecule has 0 radical (unpaired) electrons. The minimum absolute atomic E-state index is 0.139. The fraction of sp³-hybridized carbons (Fsp3) is 0.600. The van der Waals surface area contributed by atoms with Crippen molar-refractivity contribution in [3.63, 3.8) is 0 Å². The zero-order valence-corrected chi connectivity index (χ0v) is 11.1. The lowest BCUT2D eigenvalue weighted by Gasteiger charge is -2.21. The number of β-amino-alcohol motifs (C(OH)–C–C–N with tert-alkyl or cyclic N) is 1. The normalized spacial score (nSPS) is 32.4. The molecule has 4 nitrogen and oxygen atoms in total. The van der Waals surface area contributed by atoms with E-state index in [2.05, 4.69) is 4.90 Å². The van der Waals surface area contributed by atoms with Gasteiger partial charge in [-0.2, -0.15) is 0 Å². The summed E-state index contributed by atoms with van der Waals surface area (Å²) in [6, 6.07) is 7.44. The molecular weight excluding hydrogens is 240 g/mol. The van der Waals surface area contributed by atoms with Crippen LogP contribution in [0.25, 0.3) is 0 Å². The summed E-state index contributed by atoms with van der Waals surface area (Å²) in [6.07, 6.45) is 1.43. The second kappa shape index (κ2) is 5.12. The van der Waals surface area contributed by atoms with E-state index in [0.29, 0.717) is 24.1 Å². The van der Waals surface area contributed by atoms with E-state index >= 15 is 0 Å². The molecule has 3 rings (SSSR count). The van der Waals surface area contributed by atoms with Crippen LogP contribution in [0.15, 0.2) is 24.3 Å². The van der Waals surface area contributed by atoms with Crippen LogP contribution in [-0.2, 0) is 0 Å². The summed E-state index contributed by atoms with van der Waals surface area (Å²) in [4.78, 5) is 2.27. The third-order valence-electron chi connectivity index (χ3n) is 4.62. The number of fused-ring (bicyclic) bond motifs is 1. The van der Waals surface area contributed by atoms with Gasteiger partial charge in [-0.15, -0.1) is 0 Å². The van der Waals surface area contributed by atoms with Crippen LogP contribution >= 0.6 is 0 Å². The molecule has 4 heteroatoms. The number of hydrogen-bond donors (Lipinski definition) is 3. The van der Waals surface area contributed by atoms with Gasteiger partial charge in [0.15, 0.2) is 0 Å². The van der Waals surface area contributed by atoms with Crippen LogP contribution in [0.1, 0.15) is 24.5 Å². The first-order valence-electron chi connectivity index (χ1n) is 7.07. The van der Waals surface area contributed by atoms with Gasteiger partial charge in [-0.1, -0.05) is 12.1 Å². The van der Waals surface area contributed by atoms with Crippen LogP contribution in [0.5, 0.6) is 0 Å². The van der Waals surface area contributed by atoms with Gasteiger partial charge in [-0.05, 0) is 36.5 Å². The fourth-order valence-electron chi connectivity index (χ4n) is 3.59. The summed E-state index contributed by atoms with van der Waals surface area (Å²) in [5, 5.41) is 20.2. The van der Waals surface area contributed by atoms with Gasteiger partial charge in [0.25, 0.3) is 0 Å². The molecule has 2 aliphatic rings. The number of aliphatic hydroxyl groups excluding tert-OH is 2. The van der Waals surface area contributed by atoms with Crippen LogP contribution in [0, 0.1) is 11.8 Å². The number of benzene rings is 1. The summed E-state index contributed by atoms with van der Waals surface area (Å²) in [5.74, 6) is 1.02. The molecule has 0 bridgehead atoms. The molecule has 0 amide bonds. The number of nitrogens with two attached hydrogens (primary N) is 1. The molecule has 0 aromatic heterocycles. The molecule has 104 valence electrons. The van der Waals surface area contributed by atoms with Crippen LogP contribution < -0.4 is 5.73 Å². The highest BCUT2D eigenvalue weighted by Crippen LogP contribution is 2.38. The number of rotatable bonds is 3.